The van der Waals surface area contributed by atoms with Crippen LogP contribution >= 0.6 is 0 Å². The quantitative estimate of drug-likeness (QED) is 0.745. The first-order valence-corrected chi connectivity index (χ1v) is 5.85. The van der Waals surface area contributed by atoms with Gasteiger partial charge in [0.1, 0.15) is 0 Å². The lowest BCUT2D eigenvalue weighted by atomic mass is 10.0. The van der Waals surface area contributed by atoms with E-state index in [1.165, 1.54) is 37.4 Å². The van der Waals surface area contributed by atoms with Gasteiger partial charge in [0.25, 0.3) is 0 Å². The van der Waals surface area contributed by atoms with Gasteiger partial charge in [0.05, 0.1) is 0 Å². The van der Waals surface area contributed by atoms with Crippen LogP contribution in [-0.4, -0.2) is 26.2 Å². The van der Waals surface area contributed by atoms with Crippen molar-refractivity contribution in [1.29, 1.82) is 0 Å². The average Bonchev–Trinajstić information content (AvgIpc) is 2.78. The molecule has 2 aliphatic heterocycles. The van der Waals surface area contributed by atoms with Crippen LogP contribution in [0.15, 0.2) is 24.3 Å². The molecule has 0 amide bonds. The molecule has 80 valence electrons. The van der Waals surface area contributed by atoms with Crippen LogP contribution in [0.3, 0.4) is 0 Å². The highest BCUT2D eigenvalue weighted by Crippen LogP contribution is 2.30. The minimum absolute atomic E-state index is 0.881. The summed E-state index contributed by atoms with van der Waals surface area (Å²) in [6.45, 7) is 7.05. The van der Waals surface area contributed by atoms with E-state index < -0.39 is 0 Å². The van der Waals surface area contributed by atoms with Crippen LogP contribution in [0.2, 0.25) is 0 Å². The second-order valence-corrected chi connectivity index (χ2v) is 4.92. The number of rotatable bonds is 1. The fourth-order valence-corrected chi connectivity index (χ4v) is 2.82. The first-order valence-electron chi connectivity index (χ1n) is 5.85. The lowest BCUT2D eigenvalue weighted by Crippen LogP contribution is -2.25. The van der Waals surface area contributed by atoms with Gasteiger partial charge in [-0.15, -0.1) is 0 Å². The summed E-state index contributed by atoms with van der Waals surface area (Å²) in [5.74, 6) is 1.76. The van der Waals surface area contributed by atoms with Crippen molar-refractivity contribution in [3.05, 3.63) is 29.8 Å². The number of anilines is 1. The van der Waals surface area contributed by atoms with Crippen molar-refractivity contribution in [3.8, 4) is 0 Å². The molecule has 0 unspecified atom stereocenters. The average molecular weight is 202 g/mol. The van der Waals surface area contributed by atoms with Gasteiger partial charge in [-0.2, -0.15) is 0 Å². The van der Waals surface area contributed by atoms with Gasteiger partial charge in [-0.1, -0.05) is 17.7 Å². The largest absolute Gasteiger partial charge is 0.371 e. The smallest absolute Gasteiger partial charge is 0.0366 e. The van der Waals surface area contributed by atoms with Crippen LogP contribution < -0.4 is 10.2 Å². The Bertz CT molecular complexity index is 332. The maximum atomic E-state index is 3.48. The fraction of sp³-hybridized carbons (Fsp3) is 0.538. The first kappa shape index (κ1) is 9.22. The molecule has 1 aromatic rings. The summed E-state index contributed by atoms with van der Waals surface area (Å²) in [5.41, 5.74) is 2.75. The van der Waals surface area contributed by atoms with Crippen molar-refractivity contribution in [2.45, 2.75) is 6.92 Å². The summed E-state index contributed by atoms with van der Waals surface area (Å²) in [6, 6.07) is 8.93. The molecule has 0 aliphatic carbocycles. The number of aryl methyl sites for hydroxylation is 1. The summed E-state index contributed by atoms with van der Waals surface area (Å²) in [5, 5.41) is 3.48. The molecule has 0 aromatic heterocycles. The summed E-state index contributed by atoms with van der Waals surface area (Å²) < 4.78 is 0. The van der Waals surface area contributed by atoms with Crippen molar-refractivity contribution in [3.63, 3.8) is 0 Å². The molecule has 1 aromatic carbocycles. The summed E-state index contributed by atoms with van der Waals surface area (Å²) in [6.07, 6.45) is 0. The monoisotopic (exact) mass is 202 g/mol. The van der Waals surface area contributed by atoms with E-state index in [2.05, 4.69) is 41.4 Å². The number of nitrogens with zero attached hydrogens (tertiary/aromatic N) is 1. The Morgan fingerprint density at radius 3 is 2.27 bits per heavy atom. The van der Waals surface area contributed by atoms with E-state index in [0.717, 1.165) is 11.8 Å². The molecule has 2 atom stereocenters. The molecule has 0 saturated carbocycles. The predicted octanol–water partition coefficient (Wildman–Crippen LogP) is 1.65. The zero-order valence-electron chi connectivity index (χ0n) is 9.24. The molecule has 1 N–H and O–H groups in total. The molecule has 2 saturated heterocycles. The third-order valence-electron chi connectivity index (χ3n) is 3.79. The highest BCUT2D eigenvalue weighted by atomic mass is 15.2. The Morgan fingerprint density at radius 1 is 1.07 bits per heavy atom. The molecule has 15 heavy (non-hydrogen) atoms. The first-order chi connectivity index (χ1) is 7.33. The minimum Gasteiger partial charge on any atom is -0.371 e. The van der Waals surface area contributed by atoms with E-state index in [1.807, 2.05) is 0 Å². The lowest BCUT2D eigenvalue weighted by Gasteiger charge is -2.19. The molecule has 0 radical (unpaired) electrons. The SMILES string of the molecule is Cc1ccc(N2C[C@H]3CNC[C@H]3C2)cc1. The van der Waals surface area contributed by atoms with E-state index in [4.69, 9.17) is 0 Å². The van der Waals surface area contributed by atoms with Gasteiger partial charge in [0.2, 0.25) is 0 Å². The highest BCUT2D eigenvalue weighted by molar-refractivity contribution is 5.48. The predicted molar refractivity (Wildman–Crippen MR) is 63.2 cm³/mol. The molecule has 2 heterocycles. The summed E-state index contributed by atoms with van der Waals surface area (Å²) in [7, 11) is 0. The Kier molecular flexibility index (Phi) is 2.17. The lowest BCUT2D eigenvalue weighted by molar-refractivity contribution is 0.533. The Balaban J connectivity index is 1.76. The van der Waals surface area contributed by atoms with Crippen LogP contribution in [0.4, 0.5) is 5.69 Å². The van der Waals surface area contributed by atoms with Crippen LogP contribution in [0.25, 0.3) is 0 Å². The van der Waals surface area contributed by atoms with Crippen LogP contribution in [-0.2, 0) is 0 Å². The molecule has 0 spiro atoms. The van der Waals surface area contributed by atoms with Gasteiger partial charge in [0.15, 0.2) is 0 Å². The van der Waals surface area contributed by atoms with Crippen molar-refractivity contribution < 1.29 is 0 Å². The highest BCUT2D eigenvalue weighted by Gasteiger charge is 2.35. The molecular weight excluding hydrogens is 184 g/mol. The fourth-order valence-electron chi connectivity index (χ4n) is 2.82. The third kappa shape index (κ3) is 1.63. The van der Waals surface area contributed by atoms with Gasteiger partial charge in [-0.05, 0) is 30.9 Å². The molecular formula is C13H18N2. The maximum absolute atomic E-state index is 3.48. The normalized spacial score (nSPS) is 29.5. The van der Waals surface area contributed by atoms with Gasteiger partial charge < -0.3 is 10.2 Å². The molecule has 2 aliphatic rings. The second kappa shape index (κ2) is 3.53. The Labute approximate surface area is 91.3 Å². The molecule has 2 nitrogen and oxygen atoms in total. The topological polar surface area (TPSA) is 15.3 Å². The number of nitrogens with one attached hydrogen (secondary N) is 1. The maximum Gasteiger partial charge on any atom is 0.0366 e. The molecule has 2 heteroatoms. The van der Waals surface area contributed by atoms with Gasteiger partial charge in [0, 0.05) is 31.9 Å². The zero-order valence-corrected chi connectivity index (χ0v) is 9.24. The number of hydrogen-bond acceptors (Lipinski definition) is 2. The summed E-state index contributed by atoms with van der Waals surface area (Å²) >= 11 is 0. The third-order valence-corrected chi connectivity index (χ3v) is 3.79. The van der Waals surface area contributed by atoms with E-state index in [-0.39, 0.29) is 0 Å². The van der Waals surface area contributed by atoms with E-state index in [9.17, 15) is 0 Å². The number of hydrogen-bond donors (Lipinski definition) is 1. The van der Waals surface area contributed by atoms with Crippen LogP contribution in [0.1, 0.15) is 5.56 Å². The Hall–Kier alpha value is -1.02. The minimum atomic E-state index is 0.881. The van der Waals surface area contributed by atoms with E-state index in [0.29, 0.717) is 0 Å². The van der Waals surface area contributed by atoms with E-state index in [1.54, 1.807) is 0 Å². The van der Waals surface area contributed by atoms with Crippen molar-refractivity contribution in [2.75, 3.05) is 31.1 Å². The van der Waals surface area contributed by atoms with Gasteiger partial charge in [-0.25, -0.2) is 0 Å². The van der Waals surface area contributed by atoms with Crippen molar-refractivity contribution in [1.82, 2.24) is 5.32 Å². The van der Waals surface area contributed by atoms with Gasteiger partial charge >= 0.3 is 0 Å². The molecule has 2 fully saturated rings. The van der Waals surface area contributed by atoms with Crippen LogP contribution in [0.5, 0.6) is 0 Å². The van der Waals surface area contributed by atoms with Crippen LogP contribution in [0, 0.1) is 18.8 Å². The van der Waals surface area contributed by atoms with Crippen molar-refractivity contribution in [2.24, 2.45) is 11.8 Å². The standard InChI is InChI=1S/C13H18N2/c1-10-2-4-13(5-3-10)15-8-11-6-14-7-12(11)9-15/h2-5,11-12,14H,6-9H2,1H3/t11-,12+. The molecule has 0 bridgehead atoms. The van der Waals surface area contributed by atoms with Gasteiger partial charge in [-0.3, -0.25) is 0 Å². The summed E-state index contributed by atoms with van der Waals surface area (Å²) in [4.78, 5) is 2.54. The zero-order chi connectivity index (χ0) is 10.3. The molecule has 3 rings (SSSR count). The number of benzene rings is 1. The van der Waals surface area contributed by atoms with Crippen molar-refractivity contribution >= 4 is 5.69 Å². The number of fused-ring (bicyclic) bond motifs is 1. The Morgan fingerprint density at radius 2 is 1.67 bits per heavy atom. The second-order valence-electron chi connectivity index (χ2n) is 4.92. The van der Waals surface area contributed by atoms with E-state index >= 15 is 0 Å².